The van der Waals surface area contributed by atoms with Gasteiger partial charge in [-0.2, -0.15) is 0 Å². The van der Waals surface area contributed by atoms with Gasteiger partial charge in [0.2, 0.25) is 0 Å². The highest BCUT2D eigenvalue weighted by atomic mass is 16.5. The van der Waals surface area contributed by atoms with Crippen molar-refractivity contribution in [1.82, 2.24) is 10.3 Å². The van der Waals surface area contributed by atoms with E-state index in [0.29, 0.717) is 6.04 Å². The number of rotatable bonds is 4. The highest BCUT2D eigenvalue weighted by Gasteiger charge is 2.48. The first kappa shape index (κ1) is 11.0. The van der Waals surface area contributed by atoms with Crippen LogP contribution in [0.25, 0.3) is 0 Å². The van der Waals surface area contributed by atoms with Crippen LogP contribution in [0, 0.1) is 17.8 Å². The molecular formula is C14H20N2O. The monoisotopic (exact) mass is 232 g/mol. The van der Waals surface area contributed by atoms with Gasteiger partial charge in [-0.1, -0.05) is 0 Å². The average Bonchev–Trinajstić information content (AvgIpc) is 2.98. The lowest BCUT2D eigenvalue weighted by Crippen LogP contribution is -2.26. The average molecular weight is 232 g/mol. The van der Waals surface area contributed by atoms with Crippen LogP contribution >= 0.6 is 0 Å². The largest absolute Gasteiger partial charge is 0.495 e. The lowest BCUT2D eigenvalue weighted by molar-refractivity contribution is 0.333. The number of methoxy groups -OCH3 is 1. The fourth-order valence-electron chi connectivity index (χ4n) is 3.44. The van der Waals surface area contributed by atoms with E-state index in [4.69, 9.17) is 4.74 Å². The Morgan fingerprint density at radius 3 is 2.76 bits per heavy atom. The number of hydrogen-bond acceptors (Lipinski definition) is 3. The van der Waals surface area contributed by atoms with E-state index in [1.165, 1.54) is 19.3 Å². The highest BCUT2D eigenvalue weighted by Crippen LogP contribution is 2.57. The number of fused-ring (bicyclic) bond motifs is 1. The summed E-state index contributed by atoms with van der Waals surface area (Å²) in [6.07, 6.45) is 6.04. The van der Waals surface area contributed by atoms with Gasteiger partial charge in [-0.05, 0) is 56.2 Å². The van der Waals surface area contributed by atoms with E-state index in [-0.39, 0.29) is 0 Å². The molecule has 0 radical (unpaired) electrons. The molecule has 0 saturated heterocycles. The summed E-state index contributed by atoms with van der Waals surface area (Å²) in [4.78, 5) is 4.52. The Balaban J connectivity index is 1.83. The van der Waals surface area contributed by atoms with Crippen molar-refractivity contribution in [3.05, 3.63) is 24.0 Å². The molecule has 3 nitrogen and oxygen atoms in total. The SMILES string of the molecule is CNC(c1ncccc1OC)C1CC2CC2C1. The number of aromatic nitrogens is 1. The Morgan fingerprint density at radius 2 is 2.12 bits per heavy atom. The minimum Gasteiger partial charge on any atom is -0.495 e. The number of nitrogens with zero attached hydrogens (tertiary/aromatic N) is 1. The topological polar surface area (TPSA) is 34.2 Å². The Morgan fingerprint density at radius 1 is 1.35 bits per heavy atom. The van der Waals surface area contributed by atoms with Crippen LogP contribution in [0.1, 0.15) is 31.0 Å². The third-order valence-corrected chi connectivity index (χ3v) is 4.38. The van der Waals surface area contributed by atoms with Crippen LogP contribution in [0.5, 0.6) is 5.75 Å². The standard InChI is InChI=1S/C14H20N2O/c1-15-13(11-7-9-6-10(9)8-11)14-12(17-2)4-3-5-16-14/h3-5,9-11,13,15H,6-8H2,1-2H3. The van der Waals surface area contributed by atoms with Crippen LogP contribution in [0.2, 0.25) is 0 Å². The van der Waals surface area contributed by atoms with Gasteiger partial charge < -0.3 is 10.1 Å². The molecule has 1 aromatic rings. The van der Waals surface area contributed by atoms with Crippen molar-refractivity contribution in [1.29, 1.82) is 0 Å². The second kappa shape index (κ2) is 4.30. The second-order valence-electron chi connectivity index (χ2n) is 5.34. The van der Waals surface area contributed by atoms with Gasteiger partial charge in [0, 0.05) is 6.20 Å². The number of nitrogens with one attached hydrogen (secondary N) is 1. The molecule has 3 atom stereocenters. The van der Waals surface area contributed by atoms with Gasteiger partial charge in [0.15, 0.2) is 0 Å². The van der Waals surface area contributed by atoms with E-state index in [1.54, 1.807) is 7.11 Å². The van der Waals surface area contributed by atoms with Crippen molar-refractivity contribution in [2.45, 2.75) is 25.3 Å². The molecule has 0 aromatic carbocycles. The normalized spacial score (nSPS) is 32.0. The maximum absolute atomic E-state index is 5.42. The van der Waals surface area contributed by atoms with E-state index in [0.717, 1.165) is 29.2 Å². The summed E-state index contributed by atoms with van der Waals surface area (Å²) >= 11 is 0. The van der Waals surface area contributed by atoms with Gasteiger partial charge in [0.1, 0.15) is 5.75 Å². The van der Waals surface area contributed by atoms with E-state index in [1.807, 2.05) is 25.4 Å². The van der Waals surface area contributed by atoms with Crippen LogP contribution in [0.3, 0.4) is 0 Å². The number of hydrogen-bond donors (Lipinski definition) is 1. The van der Waals surface area contributed by atoms with E-state index >= 15 is 0 Å². The van der Waals surface area contributed by atoms with Gasteiger partial charge >= 0.3 is 0 Å². The van der Waals surface area contributed by atoms with Crippen LogP contribution < -0.4 is 10.1 Å². The summed E-state index contributed by atoms with van der Waals surface area (Å²) in [5.41, 5.74) is 1.07. The molecule has 0 bridgehead atoms. The van der Waals surface area contributed by atoms with Crippen molar-refractivity contribution < 1.29 is 4.74 Å². The molecule has 1 heterocycles. The molecule has 3 heteroatoms. The van der Waals surface area contributed by atoms with Crippen molar-refractivity contribution in [2.75, 3.05) is 14.2 Å². The van der Waals surface area contributed by atoms with Crippen molar-refractivity contribution in [2.24, 2.45) is 17.8 Å². The molecule has 1 aromatic heterocycles. The first-order valence-corrected chi connectivity index (χ1v) is 6.49. The molecule has 17 heavy (non-hydrogen) atoms. The maximum atomic E-state index is 5.42. The predicted octanol–water partition coefficient (Wildman–Crippen LogP) is 2.40. The van der Waals surface area contributed by atoms with Crippen molar-refractivity contribution in [3.8, 4) is 5.75 Å². The molecular weight excluding hydrogens is 212 g/mol. The van der Waals surface area contributed by atoms with Crippen molar-refractivity contribution in [3.63, 3.8) is 0 Å². The molecule has 2 fully saturated rings. The Labute approximate surface area is 103 Å². The van der Waals surface area contributed by atoms with Crippen LogP contribution in [-0.2, 0) is 0 Å². The smallest absolute Gasteiger partial charge is 0.141 e. The summed E-state index contributed by atoms with van der Waals surface area (Å²) in [7, 11) is 3.75. The Bertz CT molecular complexity index is 397. The molecule has 0 amide bonds. The van der Waals surface area contributed by atoms with E-state index in [2.05, 4.69) is 10.3 Å². The molecule has 92 valence electrons. The minimum atomic E-state index is 0.346. The van der Waals surface area contributed by atoms with Crippen LogP contribution in [0.4, 0.5) is 0 Å². The van der Waals surface area contributed by atoms with Gasteiger partial charge in [0.05, 0.1) is 18.8 Å². The summed E-state index contributed by atoms with van der Waals surface area (Å²) in [5.74, 6) is 3.65. The highest BCUT2D eigenvalue weighted by molar-refractivity contribution is 5.30. The maximum Gasteiger partial charge on any atom is 0.141 e. The molecule has 0 spiro atoms. The van der Waals surface area contributed by atoms with Crippen LogP contribution in [-0.4, -0.2) is 19.1 Å². The zero-order chi connectivity index (χ0) is 11.8. The first-order valence-electron chi connectivity index (χ1n) is 6.49. The van der Waals surface area contributed by atoms with Crippen LogP contribution in [0.15, 0.2) is 18.3 Å². The summed E-state index contributed by atoms with van der Waals surface area (Å²) in [6, 6.07) is 4.28. The molecule has 2 aliphatic carbocycles. The molecule has 2 saturated carbocycles. The third kappa shape index (κ3) is 1.93. The van der Waals surface area contributed by atoms with E-state index in [9.17, 15) is 0 Å². The summed E-state index contributed by atoms with van der Waals surface area (Å²) in [5, 5.41) is 3.43. The summed E-state index contributed by atoms with van der Waals surface area (Å²) < 4.78 is 5.42. The fourth-order valence-corrected chi connectivity index (χ4v) is 3.44. The molecule has 3 unspecified atom stereocenters. The first-order chi connectivity index (χ1) is 8.33. The van der Waals surface area contributed by atoms with Gasteiger partial charge in [0.25, 0.3) is 0 Å². The second-order valence-corrected chi connectivity index (χ2v) is 5.34. The lowest BCUT2D eigenvalue weighted by atomic mass is 9.91. The van der Waals surface area contributed by atoms with Gasteiger partial charge in [-0.3, -0.25) is 4.98 Å². The number of ether oxygens (including phenoxy) is 1. The quantitative estimate of drug-likeness (QED) is 0.865. The fraction of sp³-hybridized carbons (Fsp3) is 0.643. The summed E-state index contributed by atoms with van der Waals surface area (Å²) in [6.45, 7) is 0. The zero-order valence-electron chi connectivity index (χ0n) is 10.5. The molecule has 3 rings (SSSR count). The molecule has 1 N–H and O–H groups in total. The Hall–Kier alpha value is -1.09. The third-order valence-electron chi connectivity index (χ3n) is 4.38. The zero-order valence-corrected chi connectivity index (χ0v) is 10.5. The lowest BCUT2D eigenvalue weighted by Gasteiger charge is -2.25. The minimum absolute atomic E-state index is 0.346. The van der Waals surface area contributed by atoms with Crippen molar-refractivity contribution >= 4 is 0 Å². The molecule has 0 aliphatic heterocycles. The number of pyridine rings is 1. The molecule has 2 aliphatic rings. The van der Waals surface area contributed by atoms with Gasteiger partial charge in [-0.25, -0.2) is 0 Å². The predicted molar refractivity (Wildman–Crippen MR) is 66.9 cm³/mol. The Kier molecular flexibility index (Phi) is 2.79. The van der Waals surface area contributed by atoms with E-state index < -0.39 is 0 Å². The van der Waals surface area contributed by atoms with Gasteiger partial charge in [-0.15, -0.1) is 0 Å².